The van der Waals surface area contributed by atoms with Crippen molar-refractivity contribution in [1.82, 2.24) is 20.6 Å². The molecule has 0 aliphatic carbocycles. The molecule has 1 aromatic heterocycles. The minimum Gasteiger partial charge on any atom is -0.467 e. The molecule has 0 spiro atoms. The summed E-state index contributed by atoms with van der Waals surface area (Å²) in [5, 5.41) is 23.4. The Labute approximate surface area is 181 Å². The molecule has 3 N–H and O–H groups in total. The van der Waals surface area contributed by atoms with Crippen LogP contribution in [-0.4, -0.2) is 70.3 Å². The highest BCUT2D eigenvalue weighted by atomic mass is 17.0. The van der Waals surface area contributed by atoms with E-state index in [9.17, 15) is 34.6 Å². The Bertz CT molecular complexity index is 771. The van der Waals surface area contributed by atoms with Gasteiger partial charge in [-0.05, 0) is 12.8 Å². The summed E-state index contributed by atoms with van der Waals surface area (Å²) in [5.41, 5.74) is 0.553. The fourth-order valence-corrected chi connectivity index (χ4v) is 2.54. The molecule has 0 saturated heterocycles. The van der Waals surface area contributed by atoms with Crippen LogP contribution in [0, 0.1) is 20.2 Å². The van der Waals surface area contributed by atoms with Crippen LogP contribution < -0.4 is 10.6 Å². The molecule has 32 heavy (non-hydrogen) atoms. The maximum absolute atomic E-state index is 12.1. The predicted octanol–water partition coefficient (Wildman–Crippen LogP) is -0.928. The number of nitrogens with one attached hydrogen (secondary N) is 3. The molecular formula is C16H24N6O10. The molecule has 1 aromatic rings. The number of rotatable bonds is 16. The fourth-order valence-electron chi connectivity index (χ4n) is 2.54. The van der Waals surface area contributed by atoms with Crippen LogP contribution in [0.3, 0.4) is 0 Å². The van der Waals surface area contributed by atoms with Crippen molar-refractivity contribution in [1.29, 1.82) is 0 Å². The van der Waals surface area contributed by atoms with E-state index in [4.69, 9.17) is 0 Å². The average molecular weight is 460 g/mol. The van der Waals surface area contributed by atoms with E-state index < -0.39 is 46.7 Å². The van der Waals surface area contributed by atoms with Crippen molar-refractivity contribution in [2.24, 2.45) is 0 Å². The highest BCUT2D eigenvalue weighted by Gasteiger charge is 2.22. The number of amides is 2. The van der Waals surface area contributed by atoms with Crippen LogP contribution in [0.15, 0.2) is 12.5 Å². The summed E-state index contributed by atoms with van der Waals surface area (Å²) in [6.07, 6.45) is 1.88. The summed E-state index contributed by atoms with van der Waals surface area (Å²) in [4.78, 5) is 71.3. The fraction of sp³-hybridized carbons (Fsp3) is 0.625. The van der Waals surface area contributed by atoms with Gasteiger partial charge in [-0.15, -0.1) is 20.2 Å². The molecule has 1 rings (SSSR count). The number of ether oxygens (including phenoxy) is 1. The first kappa shape index (κ1) is 26.1. The molecule has 2 atom stereocenters. The third-order valence-electron chi connectivity index (χ3n) is 3.99. The smallest absolute Gasteiger partial charge is 0.328 e. The topological polar surface area (TPSA) is 218 Å². The molecule has 1 heterocycles. The number of hydrogen-bond donors (Lipinski definition) is 3. The van der Waals surface area contributed by atoms with Crippen LogP contribution in [0.4, 0.5) is 0 Å². The summed E-state index contributed by atoms with van der Waals surface area (Å²) in [5.74, 6) is -1.57. The van der Waals surface area contributed by atoms with Gasteiger partial charge in [0.05, 0.1) is 19.1 Å². The van der Waals surface area contributed by atoms with Crippen LogP contribution >= 0.6 is 0 Å². The van der Waals surface area contributed by atoms with E-state index in [0.717, 1.165) is 0 Å². The maximum atomic E-state index is 12.1. The molecule has 16 nitrogen and oxygen atoms in total. The molecule has 0 bridgehead atoms. The van der Waals surface area contributed by atoms with Crippen molar-refractivity contribution in [3.8, 4) is 0 Å². The van der Waals surface area contributed by atoms with Gasteiger partial charge in [0.1, 0.15) is 18.8 Å². The van der Waals surface area contributed by atoms with Crippen LogP contribution in [-0.2, 0) is 35.2 Å². The van der Waals surface area contributed by atoms with Crippen molar-refractivity contribution >= 4 is 17.8 Å². The molecule has 0 radical (unpaired) electrons. The van der Waals surface area contributed by atoms with Gasteiger partial charge in [0.25, 0.3) is 10.2 Å². The van der Waals surface area contributed by atoms with Gasteiger partial charge in [0.15, 0.2) is 0 Å². The maximum Gasteiger partial charge on any atom is 0.328 e. The van der Waals surface area contributed by atoms with Gasteiger partial charge in [-0.2, -0.15) is 0 Å². The minimum atomic E-state index is -1.20. The number of imidazole rings is 1. The number of H-pyrrole nitrogens is 1. The van der Waals surface area contributed by atoms with Crippen LogP contribution in [0.1, 0.15) is 31.4 Å². The average Bonchev–Trinajstić information content (AvgIpc) is 3.23. The highest BCUT2D eigenvalue weighted by Crippen LogP contribution is 2.07. The van der Waals surface area contributed by atoms with Gasteiger partial charge in [0, 0.05) is 32.0 Å². The van der Waals surface area contributed by atoms with E-state index in [2.05, 4.69) is 35.0 Å². The van der Waals surface area contributed by atoms with Crippen molar-refractivity contribution in [3.63, 3.8) is 0 Å². The molecule has 0 saturated carbocycles. The lowest BCUT2D eigenvalue weighted by molar-refractivity contribution is -0.790. The van der Waals surface area contributed by atoms with Crippen molar-refractivity contribution in [2.75, 3.05) is 20.3 Å². The first-order chi connectivity index (χ1) is 15.2. The Morgan fingerprint density at radius 3 is 2.53 bits per heavy atom. The zero-order chi connectivity index (χ0) is 23.9. The number of esters is 1. The monoisotopic (exact) mass is 460 g/mol. The Morgan fingerprint density at radius 2 is 1.94 bits per heavy atom. The lowest BCUT2D eigenvalue weighted by atomic mass is 10.1. The molecular weight excluding hydrogens is 436 g/mol. The normalized spacial score (nSPS) is 12.2. The Morgan fingerprint density at radius 1 is 1.19 bits per heavy atom. The largest absolute Gasteiger partial charge is 0.467 e. The second-order valence-corrected chi connectivity index (χ2v) is 6.37. The van der Waals surface area contributed by atoms with Crippen LogP contribution in [0.5, 0.6) is 0 Å². The molecule has 178 valence electrons. The lowest BCUT2D eigenvalue weighted by Gasteiger charge is -2.16. The van der Waals surface area contributed by atoms with Crippen LogP contribution in [0.25, 0.3) is 0 Å². The first-order valence-corrected chi connectivity index (χ1v) is 9.41. The standard InChI is InChI=1S/C16H24N6O10/c1-30-16(25)13(7-11-8-17-10-19-11)20-15(24)5-6-18-14(23)4-2-3-12(32-22(28)29)9-31-21(26)27/h8,10,12-13H,2-7,9H2,1H3,(H,17,19)(H,18,23)(H,20,24)/t12-,13-/m0/s1. The van der Waals surface area contributed by atoms with Crippen molar-refractivity contribution in [3.05, 3.63) is 38.4 Å². The Balaban J connectivity index is 2.32. The zero-order valence-electron chi connectivity index (χ0n) is 17.2. The highest BCUT2D eigenvalue weighted by molar-refractivity contribution is 5.85. The number of carbonyl (C=O) groups is 3. The predicted molar refractivity (Wildman–Crippen MR) is 103 cm³/mol. The summed E-state index contributed by atoms with van der Waals surface area (Å²) >= 11 is 0. The van der Waals surface area contributed by atoms with Gasteiger partial charge < -0.3 is 30.0 Å². The Hall–Kier alpha value is -3.98. The molecule has 0 aliphatic rings. The van der Waals surface area contributed by atoms with Crippen LogP contribution in [0.2, 0.25) is 0 Å². The molecule has 16 heteroatoms. The first-order valence-electron chi connectivity index (χ1n) is 9.41. The molecule has 0 aliphatic heterocycles. The van der Waals surface area contributed by atoms with E-state index in [1.165, 1.54) is 13.4 Å². The minimum absolute atomic E-state index is 0.0137. The lowest BCUT2D eigenvalue weighted by Crippen LogP contribution is -2.44. The summed E-state index contributed by atoms with van der Waals surface area (Å²) in [6.45, 7) is -0.657. The number of aromatic amines is 1. The van der Waals surface area contributed by atoms with E-state index in [0.29, 0.717) is 5.69 Å². The summed E-state index contributed by atoms with van der Waals surface area (Å²) in [7, 11) is 1.19. The second-order valence-electron chi connectivity index (χ2n) is 6.37. The van der Waals surface area contributed by atoms with Gasteiger partial charge in [-0.25, -0.2) is 9.78 Å². The third kappa shape index (κ3) is 11.3. The van der Waals surface area contributed by atoms with Gasteiger partial charge in [-0.1, -0.05) is 0 Å². The Kier molecular flexibility index (Phi) is 11.5. The van der Waals surface area contributed by atoms with E-state index in [1.54, 1.807) is 6.20 Å². The third-order valence-corrected chi connectivity index (χ3v) is 3.99. The number of hydrogen-bond acceptors (Lipinski definition) is 11. The van der Waals surface area contributed by atoms with Gasteiger partial charge >= 0.3 is 5.97 Å². The number of nitrogens with zero attached hydrogens (tertiary/aromatic N) is 3. The van der Waals surface area contributed by atoms with E-state index in [-0.39, 0.29) is 38.6 Å². The zero-order valence-corrected chi connectivity index (χ0v) is 17.2. The summed E-state index contributed by atoms with van der Waals surface area (Å²) < 4.78 is 4.66. The number of aromatic nitrogens is 2. The summed E-state index contributed by atoms with van der Waals surface area (Å²) in [6, 6.07) is -0.939. The molecule has 0 unspecified atom stereocenters. The van der Waals surface area contributed by atoms with Gasteiger partial charge in [-0.3, -0.25) is 9.59 Å². The number of methoxy groups -OCH3 is 1. The van der Waals surface area contributed by atoms with E-state index >= 15 is 0 Å². The van der Waals surface area contributed by atoms with Crippen molar-refractivity contribution < 1.29 is 39.0 Å². The van der Waals surface area contributed by atoms with Gasteiger partial charge in [0.2, 0.25) is 11.8 Å². The molecule has 0 fully saturated rings. The van der Waals surface area contributed by atoms with Crippen molar-refractivity contribution in [2.45, 2.75) is 44.2 Å². The van der Waals surface area contributed by atoms with E-state index in [1.807, 2.05) is 0 Å². The quantitative estimate of drug-likeness (QED) is 0.155. The molecule has 2 amide bonds. The SMILES string of the molecule is COC(=O)[C@H](Cc1c[nH]cn1)NC(=O)CCNC(=O)CCC[C@@H](CO[N+](=O)[O-])O[N+](=O)[O-]. The second kappa shape index (κ2) is 14.1. The molecule has 0 aromatic carbocycles. The number of carbonyl (C=O) groups excluding carboxylic acids is 3.